The van der Waals surface area contributed by atoms with Gasteiger partial charge >= 0.3 is 5.97 Å². The van der Waals surface area contributed by atoms with Crippen molar-refractivity contribution in [1.29, 1.82) is 0 Å². The molecule has 0 saturated heterocycles. The number of hydrogen-bond donors (Lipinski definition) is 2. The van der Waals surface area contributed by atoms with Crippen molar-refractivity contribution in [1.82, 2.24) is 0 Å². The van der Waals surface area contributed by atoms with Crippen LogP contribution in [0.25, 0.3) is 0 Å². The summed E-state index contributed by atoms with van der Waals surface area (Å²) in [4.78, 5) is 23.9. The van der Waals surface area contributed by atoms with Crippen LogP contribution < -0.4 is 10.1 Å². The number of para-hydroxylation sites is 1. The van der Waals surface area contributed by atoms with Gasteiger partial charge in [0.2, 0.25) is 5.91 Å². The van der Waals surface area contributed by atoms with Crippen LogP contribution in [0.2, 0.25) is 0 Å². The molecule has 0 atom stereocenters. The van der Waals surface area contributed by atoms with E-state index in [4.69, 9.17) is 4.74 Å². The number of carbonyl (C=O) groups is 2. The van der Waals surface area contributed by atoms with Crippen molar-refractivity contribution >= 4 is 17.6 Å². The average Bonchev–Trinajstić information content (AvgIpc) is 2.55. The molecule has 0 bridgehead atoms. The minimum absolute atomic E-state index is 0.379. The second-order valence-electron chi connectivity index (χ2n) is 6.39. The molecule has 2 aromatic carbocycles. The van der Waals surface area contributed by atoms with Gasteiger partial charge in [0.15, 0.2) is 0 Å². The molecule has 1 aliphatic carbocycles. The van der Waals surface area contributed by atoms with Crippen molar-refractivity contribution in [3.8, 4) is 5.75 Å². The fourth-order valence-corrected chi connectivity index (χ4v) is 2.96. The minimum Gasteiger partial charge on any atom is -0.489 e. The van der Waals surface area contributed by atoms with Gasteiger partial charge in [0.25, 0.3) is 0 Å². The first-order valence-electron chi connectivity index (χ1n) is 8.34. The second-order valence-corrected chi connectivity index (χ2v) is 6.39. The highest BCUT2D eigenvalue weighted by molar-refractivity contribution is 6.09. The SMILES string of the molecule is Cc1c(COc2ccccc2)cccc1NC(=O)C1(C(=O)O)CCC1. The zero-order chi connectivity index (χ0) is 17.9. The van der Waals surface area contributed by atoms with Crippen molar-refractivity contribution in [3.63, 3.8) is 0 Å². The van der Waals surface area contributed by atoms with Gasteiger partial charge in [-0.15, -0.1) is 0 Å². The van der Waals surface area contributed by atoms with Gasteiger partial charge in [-0.2, -0.15) is 0 Å². The maximum Gasteiger partial charge on any atom is 0.319 e. The first-order chi connectivity index (χ1) is 12.0. The Morgan fingerprint density at radius 2 is 1.84 bits per heavy atom. The van der Waals surface area contributed by atoms with E-state index in [1.165, 1.54) is 0 Å². The number of carboxylic acids is 1. The molecule has 1 fully saturated rings. The number of rotatable bonds is 6. The van der Waals surface area contributed by atoms with Gasteiger partial charge in [-0.1, -0.05) is 36.8 Å². The molecule has 2 aromatic rings. The van der Waals surface area contributed by atoms with Gasteiger partial charge in [-0.3, -0.25) is 9.59 Å². The van der Waals surface area contributed by atoms with E-state index in [1.807, 2.05) is 49.4 Å². The summed E-state index contributed by atoms with van der Waals surface area (Å²) >= 11 is 0. The molecule has 0 spiro atoms. The van der Waals surface area contributed by atoms with E-state index >= 15 is 0 Å². The summed E-state index contributed by atoms with van der Waals surface area (Å²) in [6, 6.07) is 15.1. The normalized spacial score (nSPS) is 15.1. The standard InChI is InChI=1S/C20H21NO4/c1-14-15(13-25-16-8-3-2-4-9-16)7-5-10-17(14)21-18(22)20(19(23)24)11-6-12-20/h2-5,7-10H,6,11-13H2,1H3,(H,21,22)(H,23,24). The summed E-state index contributed by atoms with van der Waals surface area (Å²) < 4.78 is 5.76. The molecular weight excluding hydrogens is 318 g/mol. The molecule has 0 aliphatic heterocycles. The lowest BCUT2D eigenvalue weighted by atomic mass is 9.68. The minimum atomic E-state index is -1.27. The van der Waals surface area contributed by atoms with Crippen molar-refractivity contribution in [2.45, 2.75) is 32.8 Å². The monoisotopic (exact) mass is 339 g/mol. The largest absolute Gasteiger partial charge is 0.489 e. The summed E-state index contributed by atoms with van der Waals surface area (Å²) in [5, 5.41) is 12.2. The lowest BCUT2D eigenvalue weighted by Gasteiger charge is -2.36. The zero-order valence-electron chi connectivity index (χ0n) is 14.1. The molecule has 25 heavy (non-hydrogen) atoms. The van der Waals surface area contributed by atoms with Gasteiger partial charge in [0.1, 0.15) is 17.8 Å². The first kappa shape index (κ1) is 17.0. The highest BCUT2D eigenvalue weighted by Crippen LogP contribution is 2.42. The topological polar surface area (TPSA) is 75.6 Å². The molecule has 0 unspecified atom stereocenters. The van der Waals surface area contributed by atoms with Crippen molar-refractivity contribution < 1.29 is 19.4 Å². The Bertz CT molecular complexity index is 782. The van der Waals surface area contributed by atoms with E-state index in [0.29, 0.717) is 25.1 Å². The number of aliphatic carboxylic acids is 1. The lowest BCUT2D eigenvalue weighted by molar-refractivity contribution is -0.159. The Morgan fingerprint density at radius 1 is 1.12 bits per heavy atom. The van der Waals surface area contributed by atoms with Gasteiger partial charge in [-0.25, -0.2) is 0 Å². The number of anilines is 1. The van der Waals surface area contributed by atoms with Crippen LogP contribution in [0.3, 0.4) is 0 Å². The van der Waals surface area contributed by atoms with Crippen LogP contribution in [0.5, 0.6) is 5.75 Å². The third-order valence-corrected chi connectivity index (χ3v) is 4.88. The molecule has 0 radical (unpaired) electrons. The number of ether oxygens (including phenoxy) is 1. The predicted octanol–water partition coefficient (Wildman–Crippen LogP) is 3.77. The third-order valence-electron chi connectivity index (χ3n) is 4.88. The fraction of sp³-hybridized carbons (Fsp3) is 0.300. The van der Waals surface area contributed by atoms with Crippen LogP contribution in [0.15, 0.2) is 48.5 Å². The summed E-state index contributed by atoms with van der Waals surface area (Å²) in [6.45, 7) is 2.27. The van der Waals surface area contributed by atoms with E-state index in [1.54, 1.807) is 6.07 Å². The number of carboxylic acid groups (broad SMARTS) is 1. The van der Waals surface area contributed by atoms with E-state index in [2.05, 4.69) is 5.32 Å². The van der Waals surface area contributed by atoms with Crippen molar-refractivity contribution in [3.05, 3.63) is 59.7 Å². The van der Waals surface area contributed by atoms with Crippen LogP contribution >= 0.6 is 0 Å². The van der Waals surface area contributed by atoms with Crippen LogP contribution in [0.4, 0.5) is 5.69 Å². The summed E-state index contributed by atoms with van der Waals surface area (Å²) in [5.74, 6) is -0.705. The molecule has 1 amide bonds. The number of benzene rings is 2. The van der Waals surface area contributed by atoms with Crippen LogP contribution in [0, 0.1) is 12.3 Å². The van der Waals surface area contributed by atoms with Crippen molar-refractivity contribution in [2.24, 2.45) is 5.41 Å². The summed E-state index contributed by atoms with van der Waals surface area (Å²) in [6.07, 6.45) is 1.55. The highest BCUT2D eigenvalue weighted by Gasteiger charge is 2.51. The van der Waals surface area contributed by atoms with Crippen molar-refractivity contribution in [2.75, 3.05) is 5.32 Å². The Balaban J connectivity index is 1.73. The Kier molecular flexibility index (Phi) is 4.74. The molecule has 1 aliphatic rings. The Hall–Kier alpha value is -2.82. The predicted molar refractivity (Wildman–Crippen MR) is 94.5 cm³/mol. The maximum atomic E-state index is 12.5. The van der Waals surface area contributed by atoms with E-state index in [-0.39, 0.29) is 0 Å². The molecule has 5 nitrogen and oxygen atoms in total. The van der Waals surface area contributed by atoms with Crippen LogP contribution in [-0.4, -0.2) is 17.0 Å². The van der Waals surface area contributed by atoms with Crippen LogP contribution in [-0.2, 0) is 16.2 Å². The number of nitrogens with one attached hydrogen (secondary N) is 1. The zero-order valence-corrected chi connectivity index (χ0v) is 14.1. The Labute approximate surface area is 146 Å². The lowest BCUT2D eigenvalue weighted by Crippen LogP contribution is -2.48. The summed E-state index contributed by atoms with van der Waals surface area (Å²) in [5.41, 5.74) is 1.18. The van der Waals surface area contributed by atoms with Gasteiger partial charge in [-0.05, 0) is 49.1 Å². The molecule has 2 N–H and O–H groups in total. The van der Waals surface area contributed by atoms with Gasteiger partial charge in [0, 0.05) is 5.69 Å². The Morgan fingerprint density at radius 3 is 2.44 bits per heavy atom. The van der Waals surface area contributed by atoms with Crippen LogP contribution in [0.1, 0.15) is 30.4 Å². The van der Waals surface area contributed by atoms with Gasteiger partial charge < -0.3 is 15.2 Å². The number of amides is 1. The molecule has 3 rings (SSSR count). The van der Waals surface area contributed by atoms with E-state index < -0.39 is 17.3 Å². The maximum absolute atomic E-state index is 12.5. The van der Waals surface area contributed by atoms with E-state index in [9.17, 15) is 14.7 Å². The number of hydrogen-bond acceptors (Lipinski definition) is 3. The molecule has 0 aromatic heterocycles. The molecule has 130 valence electrons. The molecule has 0 heterocycles. The number of carbonyl (C=O) groups excluding carboxylic acids is 1. The second kappa shape index (κ2) is 6.97. The first-order valence-corrected chi connectivity index (χ1v) is 8.34. The third kappa shape index (κ3) is 3.36. The quantitative estimate of drug-likeness (QED) is 0.786. The smallest absolute Gasteiger partial charge is 0.319 e. The fourth-order valence-electron chi connectivity index (χ4n) is 2.96. The average molecular weight is 339 g/mol. The highest BCUT2D eigenvalue weighted by atomic mass is 16.5. The molecule has 1 saturated carbocycles. The van der Waals surface area contributed by atoms with Gasteiger partial charge in [0.05, 0.1) is 0 Å². The molecule has 5 heteroatoms. The summed E-state index contributed by atoms with van der Waals surface area (Å²) in [7, 11) is 0. The van der Waals surface area contributed by atoms with E-state index in [0.717, 1.165) is 23.3 Å². The molecular formula is C20H21NO4.